The number of rotatable bonds is 7. The van der Waals surface area contributed by atoms with E-state index in [0.29, 0.717) is 13.1 Å². The fourth-order valence-electron chi connectivity index (χ4n) is 2.88. The van der Waals surface area contributed by atoms with Gasteiger partial charge in [0.05, 0.1) is 17.9 Å². The Labute approximate surface area is 158 Å². The van der Waals surface area contributed by atoms with Crippen LogP contribution in [0.15, 0.2) is 22.5 Å². The van der Waals surface area contributed by atoms with Crippen LogP contribution in [-0.4, -0.2) is 62.6 Å². The maximum Gasteiger partial charge on any atom is 0.308 e. The van der Waals surface area contributed by atoms with Gasteiger partial charge in [-0.25, -0.2) is 0 Å². The van der Waals surface area contributed by atoms with E-state index in [1.54, 1.807) is 0 Å². The van der Waals surface area contributed by atoms with Crippen molar-refractivity contribution in [3.8, 4) is 0 Å². The number of aliphatic imine (C=N–C) groups is 1. The van der Waals surface area contributed by atoms with Gasteiger partial charge in [-0.05, 0) is 37.6 Å². The molecule has 0 unspecified atom stereocenters. The topological polar surface area (TPSA) is 83.0 Å². The van der Waals surface area contributed by atoms with Crippen molar-refractivity contribution in [1.82, 2.24) is 15.5 Å². The second-order valence-electron chi connectivity index (χ2n) is 6.11. The summed E-state index contributed by atoms with van der Waals surface area (Å²) >= 11 is 1.44. The molecule has 0 aliphatic carbocycles. The molecule has 2 heterocycles. The molecule has 1 aliphatic heterocycles. The monoisotopic (exact) mass is 380 g/mol. The van der Waals surface area contributed by atoms with Gasteiger partial charge in [-0.2, -0.15) is 0 Å². The number of guanidine groups is 1. The molecule has 0 bridgehead atoms. The maximum atomic E-state index is 11.9. The zero-order chi connectivity index (χ0) is 18.8. The van der Waals surface area contributed by atoms with Crippen LogP contribution in [0.5, 0.6) is 0 Å². The van der Waals surface area contributed by atoms with Crippen LogP contribution in [0.4, 0.5) is 0 Å². The summed E-state index contributed by atoms with van der Waals surface area (Å²) < 4.78 is 4.83. The van der Waals surface area contributed by atoms with Gasteiger partial charge in [0, 0.05) is 32.7 Å². The summed E-state index contributed by atoms with van der Waals surface area (Å²) in [6.07, 6.45) is 2.35. The molecular formula is C18H28N4O3S. The molecule has 0 aromatic carbocycles. The minimum Gasteiger partial charge on any atom is -0.469 e. The molecule has 1 aliphatic rings. The first kappa shape index (κ1) is 20.2. The first-order chi connectivity index (χ1) is 12.7. The van der Waals surface area contributed by atoms with E-state index in [4.69, 9.17) is 4.74 Å². The number of likely N-dealkylation sites (tertiary alicyclic amines) is 1. The SMILES string of the molecule is CCNC(=NCCCNC(=O)c1cccs1)N1CCC(C(=O)OC)CC1. The van der Waals surface area contributed by atoms with Gasteiger partial charge in [-0.3, -0.25) is 14.6 Å². The van der Waals surface area contributed by atoms with E-state index in [0.717, 1.165) is 49.7 Å². The van der Waals surface area contributed by atoms with Crippen molar-refractivity contribution in [2.75, 3.05) is 39.8 Å². The number of piperidine rings is 1. The van der Waals surface area contributed by atoms with Gasteiger partial charge in [-0.15, -0.1) is 11.3 Å². The number of esters is 1. The number of hydrogen-bond donors (Lipinski definition) is 2. The quantitative estimate of drug-likeness (QED) is 0.326. The Morgan fingerprint density at radius 2 is 2.12 bits per heavy atom. The zero-order valence-electron chi connectivity index (χ0n) is 15.5. The number of thiophene rings is 1. The van der Waals surface area contributed by atoms with E-state index in [2.05, 4.69) is 20.5 Å². The number of methoxy groups -OCH3 is 1. The van der Waals surface area contributed by atoms with Gasteiger partial charge < -0.3 is 20.3 Å². The Hall–Kier alpha value is -2.09. The average Bonchev–Trinajstić information content (AvgIpc) is 3.21. The second-order valence-corrected chi connectivity index (χ2v) is 7.05. The van der Waals surface area contributed by atoms with E-state index in [1.165, 1.54) is 18.4 Å². The number of hydrogen-bond acceptors (Lipinski definition) is 5. The lowest BCUT2D eigenvalue weighted by atomic mass is 9.97. The number of carbonyl (C=O) groups is 2. The third-order valence-corrected chi connectivity index (χ3v) is 5.16. The van der Waals surface area contributed by atoms with Crippen LogP contribution in [0.3, 0.4) is 0 Å². The predicted octanol–water partition coefficient (Wildman–Crippen LogP) is 1.72. The molecule has 0 radical (unpaired) electrons. The van der Waals surface area contributed by atoms with Crippen molar-refractivity contribution in [2.24, 2.45) is 10.9 Å². The first-order valence-corrected chi connectivity index (χ1v) is 9.96. The standard InChI is InChI=1S/C18H28N4O3S/c1-3-19-18(22-11-7-14(8-12-22)17(24)25-2)21-10-5-9-20-16(23)15-6-4-13-26-15/h4,6,13-14H,3,5,7-12H2,1-2H3,(H,19,21)(H,20,23). The molecule has 7 nitrogen and oxygen atoms in total. The fraction of sp³-hybridized carbons (Fsp3) is 0.611. The summed E-state index contributed by atoms with van der Waals surface area (Å²) in [6, 6.07) is 3.69. The lowest BCUT2D eigenvalue weighted by molar-refractivity contribution is -0.146. The summed E-state index contributed by atoms with van der Waals surface area (Å²) in [5.74, 6) is 0.723. The zero-order valence-corrected chi connectivity index (χ0v) is 16.3. The normalized spacial score (nSPS) is 15.6. The van der Waals surface area contributed by atoms with Gasteiger partial charge >= 0.3 is 5.97 Å². The third kappa shape index (κ3) is 6.01. The number of amides is 1. The van der Waals surface area contributed by atoms with Gasteiger partial charge in [0.15, 0.2) is 5.96 Å². The van der Waals surface area contributed by atoms with Crippen LogP contribution in [0.1, 0.15) is 35.9 Å². The number of carbonyl (C=O) groups excluding carboxylic acids is 2. The van der Waals surface area contributed by atoms with Gasteiger partial charge in [0.25, 0.3) is 5.91 Å². The van der Waals surface area contributed by atoms with E-state index < -0.39 is 0 Å². The molecular weight excluding hydrogens is 352 g/mol. The molecule has 2 rings (SSSR count). The van der Waals surface area contributed by atoms with Crippen molar-refractivity contribution < 1.29 is 14.3 Å². The fourth-order valence-corrected chi connectivity index (χ4v) is 3.52. The highest BCUT2D eigenvalue weighted by atomic mass is 32.1. The smallest absolute Gasteiger partial charge is 0.308 e. The van der Waals surface area contributed by atoms with Crippen LogP contribution < -0.4 is 10.6 Å². The summed E-state index contributed by atoms with van der Waals surface area (Å²) in [4.78, 5) is 31.1. The molecule has 1 amide bonds. The van der Waals surface area contributed by atoms with Crippen LogP contribution in [0.2, 0.25) is 0 Å². The number of nitrogens with zero attached hydrogens (tertiary/aromatic N) is 2. The molecule has 0 saturated carbocycles. The molecule has 1 fully saturated rings. The van der Waals surface area contributed by atoms with Crippen LogP contribution in [0, 0.1) is 5.92 Å². The average molecular weight is 381 g/mol. The highest BCUT2D eigenvalue weighted by molar-refractivity contribution is 7.12. The number of ether oxygens (including phenoxy) is 1. The highest BCUT2D eigenvalue weighted by Crippen LogP contribution is 2.18. The first-order valence-electron chi connectivity index (χ1n) is 9.08. The maximum absolute atomic E-state index is 11.9. The molecule has 1 aromatic heterocycles. The minimum absolute atomic E-state index is 0.00779. The molecule has 26 heavy (non-hydrogen) atoms. The van der Waals surface area contributed by atoms with E-state index in [-0.39, 0.29) is 17.8 Å². The molecule has 1 saturated heterocycles. The Morgan fingerprint density at radius 1 is 1.35 bits per heavy atom. The summed E-state index contributed by atoms with van der Waals surface area (Å²) in [7, 11) is 1.44. The van der Waals surface area contributed by atoms with Crippen molar-refractivity contribution >= 4 is 29.2 Å². The largest absolute Gasteiger partial charge is 0.469 e. The summed E-state index contributed by atoms with van der Waals surface area (Å²) in [5, 5.41) is 8.11. The van der Waals surface area contributed by atoms with Crippen LogP contribution in [0.25, 0.3) is 0 Å². The summed E-state index contributed by atoms with van der Waals surface area (Å²) in [6.45, 7) is 5.66. The van der Waals surface area contributed by atoms with E-state index in [9.17, 15) is 9.59 Å². The Balaban J connectivity index is 1.74. The minimum atomic E-state index is -0.118. The molecule has 8 heteroatoms. The lowest BCUT2D eigenvalue weighted by Gasteiger charge is -2.33. The van der Waals surface area contributed by atoms with Crippen LogP contribution in [-0.2, 0) is 9.53 Å². The van der Waals surface area contributed by atoms with Crippen molar-refractivity contribution in [2.45, 2.75) is 26.2 Å². The van der Waals surface area contributed by atoms with Crippen molar-refractivity contribution in [1.29, 1.82) is 0 Å². The second kappa shape index (κ2) is 10.8. The predicted molar refractivity (Wildman–Crippen MR) is 104 cm³/mol. The lowest BCUT2D eigenvalue weighted by Crippen LogP contribution is -2.46. The van der Waals surface area contributed by atoms with Crippen molar-refractivity contribution in [3.05, 3.63) is 22.4 Å². The molecule has 144 valence electrons. The Kier molecular flexibility index (Phi) is 8.40. The van der Waals surface area contributed by atoms with Gasteiger partial charge in [-0.1, -0.05) is 6.07 Å². The molecule has 1 aromatic rings. The molecule has 0 spiro atoms. The molecule has 0 atom stereocenters. The van der Waals surface area contributed by atoms with E-state index in [1.807, 2.05) is 24.4 Å². The van der Waals surface area contributed by atoms with Crippen LogP contribution >= 0.6 is 11.3 Å². The highest BCUT2D eigenvalue weighted by Gasteiger charge is 2.26. The summed E-state index contributed by atoms with van der Waals surface area (Å²) in [5.41, 5.74) is 0. The Bertz CT molecular complexity index is 596. The molecule has 2 N–H and O–H groups in total. The Morgan fingerprint density at radius 3 is 2.73 bits per heavy atom. The van der Waals surface area contributed by atoms with Gasteiger partial charge in [0.1, 0.15) is 0 Å². The third-order valence-electron chi connectivity index (χ3n) is 4.29. The van der Waals surface area contributed by atoms with E-state index >= 15 is 0 Å². The van der Waals surface area contributed by atoms with Gasteiger partial charge in [0.2, 0.25) is 0 Å². The van der Waals surface area contributed by atoms with Crippen molar-refractivity contribution in [3.63, 3.8) is 0 Å². The number of nitrogens with one attached hydrogen (secondary N) is 2.